The van der Waals surface area contributed by atoms with Crippen LogP contribution in [0.4, 0.5) is 5.69 Å². The normalized spacial score (nSPS) is 20.5. The smallest absolute Gasteiger partial charge is 0.260 e. The standard InChI is InChI=1S/C24H34N4O4S/c1-17(2)20-5-7-22(8-6-20)32-15-23(29)26-10-12-27(13-11-26)24-18(3)25-28(19(24)4)21-9-14-33(30,31)16-21/h5-8,17,21H,9-16H2,1-4H3. The van der Waals surface area contributed by atoms with Crippen molar-refractivity contribution in [1.82, 2.24) is 14.7 Å². The summed E-state index contributed by atoms with van der Waals surface area (Å²) in [5.41, 5.74) is 4.22. The molecule has 33 heavy (non-hydrogen) atoms. The van der Waals surface area contributed by atoms with Gasteiger partial charge in [0.1, 0.15) is 5.75 Å². The minimum absolute atomic E-state index is 0.0112. The van der Waals surface area contributed by atoms with E-state index in [0.717, 1.165) is 17.1 Å². The zero-order valence-corrected chi connectivity index (χ0v) is 20.8. The van der Waals surface area contributed by atoms with Gasteiger partial charge in [0, 0.05) is 26.2 Å². The van der Waals surface area contributed by atoms with Gasteiger partial charge in [-0.3, -0.25) is 9.48 Å². The van der Waals surface area contributed by atoms with Gasteiger partial charge in [-0.1, -0.05) is 26.0 Å². The van der Waals surface area contributed by atoms with E-state index in [1.807, 2.05) is 47.7 Å². The highest BCUT2D eigenvalue weighted by molar-refractivity contribution is 7.91. The summed E-state index contributed by atoms with van der Waals surface area (Å²) < 4.78 is 31.4. The molecule has 0 aliphatic carbocycles. The Labute approximate surface area is 196 Å². The third kappa shape index (κ3) is 5.18. The fourth-order valence-electron chi connectivity index (χ4n) is 4.80. The Hall–Kier alpha value is -2.55. The average molecular weight is 475 g/mol. The lowest BCUT2D eigenvalue weighted by molar-refractivity contribution is -0.133. The van der Waals surface area contributed by atoms with Gasteiger partial charge in [0.15, 0.2) is 16.4 Å². The van der Waals surface area contributed by atoms with Crippen molar-refractivity contribution in [2.45, 2.75) is 46.1 Å². The first-order valence-electron chi connectivity index (χ1n) is 11.7. The Balaban J connectivity index is 1.33. The number of sulfone groups is 1. The quantitative estimate of drug-likeness (QED) is 0.640. The molecule has 1 aromatic carbocycles. The molecule has 0 bridgehead atoms. The summed E-state index contributed by atoms with van der Waals surface area (Å²) in [6.07, 6.45) is 0.617. The molecule has 2 aliphatic heterocycles. The van der Waals surface area contributed by atoms with Crippen LogP contribution in [0.1, 0.15) is 49.2 Å². The number of hydrogen-bond donors (Lipinski definition) is 0. The van der Waals surface area contributed by atoms with Crippen LogP contribution in [-0.2, 0) is 14.6 Å². The van der Waals surface area contributed by atoms with E-state index in [9.17, 15) is 13.2 Å². The third-order valence-electron chi connectivity index (χ3n) is 6.70. The first-order valence-corrected chi connectivity index (χ1v) is 13.5. The fraction of sp³-hybridized carbons (Fsp3) is 0.583. The maximum atomic E-state index is 12.7. The van der Waals surface area contributed by atoms with E-state index >= 15 is 0 Å². The molecule has 0 radical (unpaired) electrons. The van der Waals surface area contributed by atoms with Crippen molar-refractivity contribution in [1.29, 1.82) is 0 Å². The van der Waals surface area contributed by atoms with Crippen molar-refractivity contribution in [2.75, 3.05) is 49.2 Å². The van der Waals surface area contributed by atoms with E-state index in [-0.39, 0.29) is 30.1 Å². The first kappa shape index (κ1) is 23.6. The molecule has 9 heteroatoms. The van der Waals surface area contributed by atoms with Crippen molar-refractivity contribution < 1.29 is 17.9 Å². The number of benzene rings is 1. The highest BCUT2D eigenvalue weighted by atomic mass is 32.2. The van der Waals surface area contributed by atoms with Crippen LogP contribution in [0.3, 0.4) is 0 Å². The zero-order chi connectivity index (χ0) is 23.8. The summed E-state index contributed by atoms with van der Waals surface area (Å²) >= 11 is 0. The number of aromatic nitrogens is 2. The Kier molecular flexibility index (Phi) is 6.70. The monoisotopic (exact) mass is 474 g/mol. The lowest BCUT2D eigenvalue weighted by Crippen LogP contribution is -2.50. The maximum Gasteiger partial charge on any atom is 0.260 e. The fourth-order valence-corrected chi connectivity index (χ4v) is 6.49. The average Bonchev–Trinajstić information content (AvgIpc) is 3.30. The van der Waals surface area contributed by atoms with Crippen molar-refractivity contribution in [3.8, 4) is 5.75 Å². The molecule has 1 atom stereocenters. The Morgan fingerprint density at radius 1 is 1.12 bits per heavy atom. The van der Waals surface area contributed by atoms with Crippen LogP contribution in [0.25, 0.3) is 0 Å². The topological polar surface area (TPSA) is 84.7 Å². The molecule has 8 nitrogen and oxygen atoms in total. The second kappa shape index (κ2) is 9.37. The minimum Gasteiger partial charge on any atom is -0.484 e. The largest absolute Gasteiger partial charge is 0.484 e. The van der Waals surface area contributed by atoms with Gasteiger partial charge in [-0.2, -0.15) is 5.10 Å². The van der Waals surface area contributed by atoms with Crippen molar-refractivity contribution in [3.63, 3.8) is 0 Å². The van der Waals surface area contributed by atoms with E-state index in [0.29, 0.717) is 44.3 Å². The maximum absolute atomic E-state index is 12.7. The second-order valence-electron chi connectivity index (χ2n) is 9.40. The van der Waals surface area contributed by atoms with Crippen LogP contribution in [0.5, 0.6) is 5.75 Å². The van der Waals surface area contributed by atoms with Gasteiger partial charge in [0.05, 0.1) is 34.6 Å². The molecule has 2 saturated heterocycles. The lowest BCUT2D eigenvalue weighted by atomic mass is 10.0. The summed E-state index contributed by atoms with van der Waals surface area (Å²) in [7, 11) is -2.97. The third-order valence-corrected chi connectivity index (χ3v) is 8.45. The van der Waals surface area contributed by atoms with Gasteiger partial charge in [-0.25, -0.2) is 8.42 Å². The van der Waals surface area contributed by atoms with Gasteiger partial charge in [0.25, 0.3) is 5.91 Å². The van der Waals surface area contributed by atoms with E-state index in [2.05, 4.69) is 23.8 Å². The van der Waals surface area contributed by atoms with Crippen LogP contribution < -0.4 is 9.64 Å². The number of amides is 1. The molecule has 0 saturated carbocycles. The van der Waals surface area contributed by atoms with Crippen LogP contribution in [0.15, 0.2) is 24.3 Å². The molecule has 180 valence electrons. The number of carbonyl (C=O) groups excluding carboxylic acids is 1. The molecule has 3 heterocycles. The summed E-state index contributed by atoms with van der Waals surface area (Å²) in [4.78, 5) is 16.8. The predicted molar refractivity (Wildman–Crippen MR) is 129 cm³/mol. The number of hydrogen-bond acceptors (Lipinski definition) is 6. The van der Waals surface area contributed by atoms with Gasteiger partial charge >= 0.3 is 0 Å². The van der Waals surface area contributed by atoms with Crippen LogP contribution in [0, 0.1) is 13.8 Å². The number of ether oxygens (including phenoxy) is 1. The molecule has 0 N–H and O–H groups in total. The van der Waals surface area contributed by atoms with Gasteiger partial charge in [-0.15, -0.1) is 0 Å². The molecule has 1 unspecified atom stereocenters. The van der Waals surface area contributed by atoms with Crippen molar-refractivity contribution in [3.05, 3.63) is 41.2 Å². The number of rotatable bonds is 6. The van der Waals surface area contributed by atoms with Crippen LogP contribution >= 0.6 is 0 Å². The van der Waals surface area contributed by atoms with Crippen molar-refractivity contribution >= 4 is 21.4 Å². The Morgan fingerprint density at radius 2 is 1.79 bits per heavy atom. The van der Waals surface area contributed by atoms with E-state index in [1.54, 1.807) is 0 Å². The number of carbonyl (C=O) groups is 1. The SMILES string of the molecule is Cc1nn(C2CCS(=O)(=O)C2)c(C)c1N1CCN(C(=O)COc2ccc(C(C)C)cc2)CC1. The van der Waals surface area contributed by atoms with Gasteiger partial charge in [0.2, 0.25) is 0 Å². The molecule has 1 aromatic heterocycles. The number of nitrogens with zero attached hydrogens (tertiary/aromatic N) is 4. The number of anilines is 1. The highest BCUT2D eigenvalue weighted by Crippen LogP contribution is 2.31. The van der Waals surface area contributed by atoms with Crippen molar-refractivity contribution in [2.24, 2.45) is 0 Å². The minimum atomic E-state index is -2.97. The predicted octanol–water partition coefficient (Wildman–Crippen LogP) is 2.71. The van der Waals surface area contributed by atoms with E-state index < -0.39 is 9.84 Å². The molecular formula is C24H34N4O4S. The van der Waals surface area contributed by atoms with E-state index in [1.165, 1.54) is 5.56 Å². The number of aryl methyl sites for hydroxylation is 1. The Morgan fingerprint density at radius 3 is 2.36 bits per heavy atom. The lowest BCUT2D eigenvalue weighted by Gasteiger charge is -2.36. The highest BCUT2D eigenvalue weighted by Gasteiger charge is 2.33. The zero-order valence-electron chi connectivity index (χ0n) is 20.0. The summed E-state index contributed by atoms with van der Waals surface area (Å²) in [6.45, 7) is 11.0. The molecule has 2 fully saturated rings. The summed E-state index contributed by atoms with van der Waals surface area (Å²) in [5.74, 6) is 1.55. The molecule has 2 aromatic rings. The number of piperazine rings is 1. The molecular weight excluding hydrogens is 440 g/mol. The molecule has 0 spiro atoms. The Bertz CT molecular complexity index is 1100. The van der Waals surface area contributed by atoms with Crippen LogP contribution in [0.2, 0.25) is 0 Å². The van der Waals surface area contributed by atoms with Crippen LogP contribution in [-0.4, -0.2) is 73.3 Å². The summed E-state index contributed by atoms with van der Waals surface area (Å²) in [5, 5.41) is 4.68. The summed E-state index contributed by atoms with van der Waals surface area (Å²) in [6, 6.07) is 7.82. The van der Waals surface area contributed by atoms with E-state index in [4.69, 9.17) is 4.74 Å². The molecule has 4 rings (SSSR count). The van der Waals surface area contributed by atoms with Gasteiger partial charge in [-0.05, 0) is 43.9 Å². The molecule has 1 amide bonds. The first-order chi connectivity index (χ1) is 15.6. The second-order valence-corrected chi connectivity index (χ2v) is 11.6. The molecule has 2 aliphatic rings. The van der Waals surface area contributed by atoms with Gasteiger partial charge < -0.3 is 14.5 Å².